The largest absolute Gasteiger partial charge is 0.345 e. The Morgan fingerprint density at radius 1 is 1.15 bits per heavy atom. The van der Waals surface area contributed by atoms with E-state index >= 15 is 0 Å². The zero-order valence-electron chi connectivity index (χ0n) is 14.7. The van der Waals surface area contributed by atoms with Crippen molar-refractivity contribution in [1.82, 2.24) is 24.9 Å². The fourth-order valence-corrected chi connectivity index (χ4v) is 3.53. The number of carbonyl (C=O) groups is 1. The summed E-state index contributed by atoms with van der Waals surface area (Å²) in [6.07, 6.45) is 1.18. The monoisotopic (exact) mass is 373 g/mol. The quantitative estimate of drug-likeness (QED) is 0.721. The number of nitrogens with one attached hydrogen (secondary N) is 1. The molecule has 0 saturated heterocycles. The van der Waals surface area contributed by atoms with Crippen molar-refractivity contribution in [2.75, 3.05) is 6.26 Å². The number of sulfone groups is 1. The van der Waals surface area contributed by atoms with E-state index in [-0.39, 0.29) is 18.2 Å². The van der Waals surface area contributed by atoms with Gasteiger partial charge in [-0.15, -0.1) is 10.2 Å². The summed E-state index contributed by atoms with van der Waals surface area (Å²) < 4.78 is 24.4. The highest BCUT2D eigenvalue weighted by Crippen LogP contribution is 2.10. The van der Waals surface area contributed by atoms with Crippen molar-refractivity contribution >= 4 is 21.5 Å². The molecule has 0 aliphatic heterocycles. The molecule has 1 N–H and O–H groups in total. The highest BCUT2D eigenvalue weighted by molar-refractivity contribution is 7.89. The molecule has 0 unspecified atom stereocenters. The Morgan fingerprint density at radius 2 is 1.85 bits per heavy atom. The Bertz CT molecular complexity index is 1070. The van der Waals surface area contributed by atoms with Crippen LogP contribution in [-0.4, -0.2) is 40.2 Å². The first kappa shape index (κ1) is 18.0. The summed E-state index contributed by atoms with van der Waals surface area (Å²) >= 11 is 0. The third kappa shape index (κ3) is 4.05. The smallest absolute Gasteiger partial charge is 0.255 e. The molecule has 3 aromatic rings. The van der Waals surface area contributed by atoms with E-state index in [0.29, 0.717) is 22.7 Å². The number of aryl methyl sites for hydroxylation is 2. The minimum Gasteiger partial charge on any atom is -0.345 e. The van der Waals surface area contributed by atoms with Crippen LogP contribution in [0.2, 0.25) is 0 Å². The van der Waals surface area contributed by atoms with Crippen LogP contribution in [-0.2, 0) is 22.1 Å². The minimum atomic E-state index is -3.10. The number of fused-ring (bicyclic) bond motifs is 1. The highest BCUT2D eigenvalue weighted by atomic mass is 32.2. The first-order valence-corrected chi connectivity index (χ1v) is 10.0. The fraction of sp³-hybridized carbons (Fsp3) is 0.294. The molecule has 0 saturated carbocycles. The van der Waals surface area contributed by atoms with Crippen LogP contribution in [0.1, 0.15) is 33.1 Å². The molecule has 0 fully saturated rings. The van der Waals surface area contributed by atoms with Gasteiger partial charge in [-0.1, -0.05) is 12.1 Å². The zero-order chi connectivity index (χ0) is 18.9. The van der Waals surface area contributed by atoms with E-state index in [1.54, 1.807) is 28.7 Å². The lowest BCUT2D eigenvalue weighted by molar-refractivity contribution is 0.0949. The Morgan fingerprint density at radius 3 is 2.50 bits per heavy atom. The van der Waals surface area contributed by atoms with Crippen molar-refractivity contribution in [2.24, 2.45) is 0 Å². The van der Waals surface area contributed by atoms with E-state index in [9.17, 15) is 13.2 Å². The van der Waals surface area contributed by atoms with Crippen molar-refractivity contribution < 1.29 is 13.2 Å². The topological polar surface area (TPSA) is 106 Å². The van der Waals surface area contributed by atoms with Crippen molar-refractivity contribution in [2.45, 2.75) is 26.1 Å². The molecule has 2 aromatic heterocycles. The molecule has 0 bridgehead atoms. The second kappa shape index (κ2) is 6.83. The molecule has 0 atom stereocenters. The second-order valence-corrected chi connectivity index (χ2v) is 8.38. The number of hydrogen-bond donors (Lipinski definition) is 1. The normalized spacial score (nSPS) is 11.7. The average molecular weight is 373 g/mol. The maximum atomic E-state index is 12.3. The number of nitrogens with zero attached hydrogens (tertiary/aromatic N) is 4. The molecule has 136 valence electrons. The summed E-state index contributed by atoms with van der Waals surface area (Å²) in [5.74, 6) is 0.765. The standard InChI is InChI=1S/C17H19N5O3S/c1-11-8-12(2)22-15(20-21-17(22)19-11)9-18-16(23)14-6-4-13(5-7-14)10-26(3,24)25/h4-8H,9-10H2,1-3H3,(H,18,23). The van der Waals surface area contributed by atoms with Crippen LogP contribution in [0.3, 0.4) is 0 Å². The van der Waals surface area contributed by atoms with E-state index < -0.39 is 9.84 Å². The van der Waals surface area contributed by atoms with Crippen molar-refractivity contribution in [3.05, 3.63) is 58.7 Å². The molecule has 26 heavy (non-hydrogen) atoms. The summed E-state index contributed by atoms with van der Waals surface area (Å²) in [7, 11) is -3.10. The lowest BCUT2D eigenvalue weighted by Crippen LogP contribution is -2.24. The van der Waals surface area contributed by atoms with Gasteiger partial charge < -0.3 is 5.32 Å². The SMILES string of the molecule is Cc1cc(C)n2c(CNC(=O)c3ccc(CS(C)(=O)=O)cc3)nnc2n1. The van der Waals surface area contributed by atoms with Crippen molar-refractivity contribution in [3.8, 4) is 0 Å². The van der Waals surface area contributed by atoms with Gasteiger partial charge in [-0.05, 0) is 37.6 Å². The molecule has 1 amide bonds. The number of aromatic nitrogens is 4. The predicted molar refractivity (Wildman–Crippen MR) is 96.4 cm³/mol. The molecule has 2 heterocycles. The van der Waals surface area contributed by atoms with E-state index in [1.807, 2.05) is 19.9 Å². The van der Waals surface area contributed by atoms with Gasteiger partial charge in [-0.3, -0.25) is 9.20 Å². The van der Waals surface area contributed by atoms with Crippen LogP contribution < -0.4 is 5.32 Å². The molecule has 0 aliphatic carbocycles. The second-order valence-electron chi connectivity index (χ2n) is 6.24. The number of benzene rings is 1. The number of hydrogen-bond acceptors (Lipinski definition) is 6. The van der Waals surface area contributed by atoms with Gasteiger partial charge in [0.1, 0.15) is 0 Å². The summed E-state index contributed by atoms with van der Waals surface area (Å²) in [5.41, 5.74) is 2.88. The number of carbonyl (C=O) groups excluding carboxylic acids is 1. The molecular weight excluding hydrogens is 354 g/mol. The summed E-state index contributed by atoms with van der Waals surface area (Å²) in [5, 5.41) is 10.9. The van der Waals surface area contributed by atoms with E-state index in [2.05, 4.69) is 20.5 Å². The van der Waals surface area contributed by atoms with Gasteiger partial charge in [0.15, 0.2) is 15.7 Å². The first-order chi connectivity index (χ1) is 12.2. The molecular formula is C17H19N5O3S. The molecule has 8 nitrogen and oxygen atoms in total. The Balaban J connectivity index is 1.71. The fourth-order valence-electron chi connectivity index (χ4n) is 2.73. The molecule has 0 spiro atoms. The third-order valence-corrected chi connectivity index (χ3v) is 4.67. The number of rotatable bonds is 5. The van der Waals surface area contributed by atoms with E-state index in [4.69, 9.17) is 0 Å². The molecule has 1 aromatic carbocycles. The predicted octanol–water partition coefficient (Wildman–Crippen LogP) is 1.22. The maximum Gasteiger partial charge on any atom is 0.255 e. The third-order valence-electron chi connectivity index (χ3n) is 3.81. The summed E-state index contributed by atoms with van der Waals surface area (Å²) in [4.78, 5) is 16.6. The van der Waals surface area contributed by atoms with Crippen LogP contribution >= 0.6 is 0 Å². The summed E-state index contributed by atoms with van der Waals surface area (Å²) in [6, 6.07) is 8.41. The van der Waals surface area contributed by atoms with E-state index in [1.165, 1.54) is 6.26 Å². The highest BCUT2D eigenvalue weighted by Gasteiger charge is 2.12. The summed E-state index contributed by atoms with van der Waals surface area (Å²) in [6.45, 7) is 4.02. The van der Waals surface area contributed by atoms with Crippen LogP contribution in [0.4, 0.5) is 0 Å². The van der Waals surface area contributed by atoms with Gasteiger partial charge >= 0.3 is 0 Å². The van der Waals surface area contributed by atoms with Crippen LogP contribution in [0.25, 0.3) is 5.78 Å². The van der Waals surface area contributed by atoms with Gasteiger partial charge in [0, 0.05) is 23.2 Å². The van der Waals surface area contributed by atoms with Crippen LogP contribution in [0, 0.1) is 13.8 Å². The molecule has 0 radical (unpaired) electrons. The Labute approximate surface area is 151 Å². The molecule has 9 heteroatoms. The zero-order valence-corrected chi connectivity index (χ0v) is 15.5. The van der Waals surface area contributed by atoms with Gasteiger partial charge in [0.25, 0.3) is 11.7 Å². The van der Waals surface area contributed by atoms with E-state index in [0.717, 1.165) is 11.4 Å². The molecule has 3 rings (SSSR count). The Kier molecular flexibility index (Phi) is 4.73. The minimum absolute atomic E-state index is 0.0493. The average Bonchev–Trinajstić information content (AvgIpc) is 2.95. The van der Waals surface area contributed by atoms with Gasteiger partial charge in [0.2, 0.25) is 0 Å². The first-order valence-electron chi connectivity index (χ1n) is 7.96. The van der Waals surface area contributed by atoms with Gasteiger partial charge in [-0.2, -0.15) is 0 Å². The van der Waals surface area contributed by atoms with Crippen molar-refractivity contribution in [1.29, 1.82) is 0 Å². The van der Waals surface area contributed by atoms with Crippen molar-refractivity contribution in [3.63, 3.8) is 0 Å². The van der Waals surface area contributed by atoms with Crippen LogP contribution in [0.15, 0.2) is 30.3 Å². The van der Waals surface area contributed by atoms with Gasteiger partial charge in [0.05, 0.1) is 12.3 Å². The molecule has 0 aliphatic rings. The lowest BCUT2D eigenvalue weighted by atomic mass is 10.1. The van der Waals surface area contributed by atoms with Gasteiger partial charge in [-0.25, -0.2) is 13.4 Å². The Hall–Kier alpha value is -2.81. The number of amides is 1. The maximum absolute atomic E-state index is 12.3. The lowest BCUT2D eigenvalue weighted by Gasteiger charge is -2.07. The van der Waals surface area contributed by atoms with Crippen LogP contribution in [0.5, 0.6) is 0 Å².